The van der Waals surface area contributed by atoms with E-state index in [1.807, 2.05) is 44.2 Å². The van der Waals surface area contributed by atoms with E-state index in [1.165, 1.54) is 17.0 Å². The normalized spacial score (nSPS) is 17.0. The SMILES string of the molecule is CC(C)(CNC(=O)[C@@H]1CCC(=O)N(Cc2ccccc2)CC(=O)NCCOc2ccccc2C(=O)N1)c1ccc(F)cc1. The number of halogens is 1. The van der Waals surface area contributed by atoms with E-state index in [-0.39, 0.29) is 68.8 Å². The van der Waals surface area contributed by atoms with Crippen LogP contribution in [-0.4, -0.2) is 60.8 Å². The predicted octanol–water partition coefficient (Wildman–Crippen LogP) is 3.34. The van der Waals surface area contributed by atoms with Crippen molar-refractivity contribution in [2.24, 2.45) is 0 Å². The second-order valence-corrected chi connectivity index (χ2v) is 11.1. The highest BCUT2D eigenvalue weighted by Gasteiger charge is 2.28. The van der Waals surface area contributed by atoms with E-state index in [4.69, 9.17) is 4.74 Å². The van der Waals surface area contributed by atoms with Crippen molar-refractivity contribution in [3.63, 3.8) is 0 Å². The molecule has 0 saturated heterocycles. The molecule has 0 radical (unpaired) electrons. The summed E-state index contributed by atoms with van der Waals surface area (Å²) < 4.78 is 19.3. The lowest BCUT2D eigenvalue weighted by atomic mass is 9.84. The molecule has 0 unspecified atom stereocenters. The summed E-state index contributed by atoms with van der Waals surface area (Å²) in [4.78, 5) is 54.5. The van der Waals surface area contributed by atoms with E-state index in [0.29, 0.717) is 5.75 Å². The summed E-state index contributed by atoms with van der Waals surface area (Å²) in [5, 5.41) is 8.45. The quantitative estimate of drug-likeness (QED) is 0.409. The third-order valence-corrected chi connectivity index (χ3v) is 7.32. The van der Waals surface area contributed by atoms with E-state index in [9.17, 15) is 23.6 Å². The molecule has 0 fully saturated rings. The molecule has 226 valence electrons. The van der Waals surface area contributed by atoms with Gasteiger partial charge in [-0.25, -0.2) is 4.39 Å². The Morgan fingerprint density at radius 1 is 1.00 bits per heavy atom. The first-order valence-corrected chi connectivity index (χ1v) is 14.3. The summed E-state index contributed by atoms with van der Waals surface area (Å²) in [7, 11) is 0. The van der Waals surface area contributed by atoms with Crippen LogP contribution in [0.2, 0.25) is 0 Å². The molecular formula is C33H37FN4O5. The summed E-state index contributed by atoms with van der Waals surface area (Å²) in [5.74, 6) is -1.71. The van der Waals surface area contributed by atoms with Crippen LogP contribution >= 0.6 is 0 Å². The maximum Gasteiger partial charge on any atom is 0.255 e. The smallest absolute Gasteiger partial charge is 0.255 e. The zero-order valence-electron chi connectivity index (χ0n) is 24.4. The number of rotatable bonds is 6. The van der Waals surface area contributed by atoms with Crippen LogP contribution in [-0.2, 0) is 26.3 Å². The van der Waals surface area contributed by atoms with Gasteiger partial charge in [-0.15, -0.1) is 0 Å². The lowest BCUT2D eigenvalue weighted by Crippen LogP contribution is -2.50. The van der Waals surface area contributed by atoms with Gasteiger partial charge in [-0.1, -0.05) is 68.4 Å². The maximum absolute atomic E-state index is 13.5. The molecule has 4 rings (SSSR count). The van der Waals surface area contributed by atoms with Crippen LogP contribution < -0.4 is 20.7 Å². The Balaban J connectivity index is 1.55. The van der Waals surface area contributed by atoms with E-state index < -0.39 is 23.3 Å². The zero-order chi connectivity index (χ0) is 30.8. The molecule has 4 amide bonds. The number of benzene rings is 3. The van der Waals surface area contributed by atoms with E-state index >= 15 is 0 Å². The third kappa shape index (κ3) is 8.88. The molecule has 3 aromatic carbocycles. The van der Waals surface area contributed by atoms with Crippen molar-refractivity contribution in [3.05, 3.63) is 101 Å². The molecule has 0 saturated carbocycles. The number of amides is 4. The van der Waals surface area contributed by atoms with Crippen molar-refractivity contribution in [3.8, 4) is 5.75 Å². The number of fused-ring (bicyclic) bond motifs is 1. The molecule has 1 aliphatic rings. The minimum Gasteiger partial charge on any atom is -0.491 e. The van der Waals surface area contributed by atoms with Crippen LogP contribution in [0.15, 0.2) is 78.9 Å². The van der Waals surface area contributed by atoms with Gasteiger partial charge >= 0.3 is 0 Å². The molecule has 0 aromatic heterocycles. The highest BCUT2D eigenvalue weighted by Crippen LogP contribution is 2.23. The number of nitrogens with one attached hydrogen (secondary N) is 3. The van der Waals surface area contributed by atoms with E-state index in [2.05, 4.69) is 16.0 Å². The number of para-hydroxylation sites is 1. The molecule has 43 heavy (non-hydrogen) atoms. The van der Waals surface area contributed by atoms with Gasteiger partial charge in [0, 0.05) is 24.9 Å². The maximum atomic E-state index is 13.5. The molecule has 0 aliphatic carbocycles. The molecule has 9 nitrogen and oxygen atoms in total. The van der Waals surface area contributed by atoms with Gasteiger partial charge in [-0.2, -0.15) is 0 Å². The first kappa shape index (κ1) is 31.2. The van der Waals surface area contributed by atoms with Gasteiger partial charge in [0.1, 0.15) is 24.2 Å². The number of hydrogen-bond acceptors (Lipinski definition) is 5. The van der Waals surface area contributed by atoms with Crippen molar-refractivity contribution >= 4 is 23.6 Å². The highest BCUT2D eigenvalue weighted by molar-refractivity contribution is 5.99. The Kier molecular flexibility index (Phi) is 10.5. The van der Waals surface area contributed by atoms with Gasteiger partial charge in [-0.3, -0.25) is 19.2 Å². The first-order chi connectivity index (χ1) is 20.6. The summed E-state index contributed by atoms with van der Waals surface area (Å²) in [6.45, 7) is 4.36. The van der Waals surface area contributed by atoms with Crippen molar-refractivity contribution < 1.29 is 28.3 Å². The molecule has 3 N–H and O–H groups in total. The van der Waals surface area contributed by atoms with E-state index in [0.717, 1.165) is 11.1 Å². The third-order valence-electron chi connectivity index (χ3n) is 7.32. The average Bonchev–Trinajstić information content (AvgIpc) is 3.00. The number of carbonyl (C=O) groups excluding carboxylic acids is 4. The van der Waals surface area contributed by atoms with Gasteiger partial charge in [0.15, 0.2) is 0 Å². The average molecular weight is 589 g/mol. The number of carbonyl (C=O) groups is 4. The van der Waals surface area contributed by atoms with Gasteiger partial charge in [-0.05, 0) is 41.8 Å². The summed E-state index contributed by atoms with van der Waals surface area (Å²) >= 11 is 0. The lowest BCUT2D eigenvalue weighted by molar-refractivity contribution is -0.137. The highest BCUT2D eigenvalue weighted by atomic mass is 19.1. The molecule has 3 aromatic rings. The molecular weight excluding hydrogens is 551 g/mol. The van der Waals surface area contributed by atoms with Crippen LogP contribution in [0.3, 0.4) is 0 Å². The minimum atomic E-state index is -1.05. The van der Waals surface area contributed by atoms with Gasteiger partial charge < -0.3 is 25.6 Å². The van der Waals surface area contributed by atoms with Crippen LogP contribution in [0, 0.1) is 5.82 Å². The van der Waals surface area contributed by atoms with Crippen molar-refractivity contribution in [1.82, 2.24) is 20.9 Å². The number of ether oxygens (including phenoxy) is 1. The second kappa shape index (κ2) is 14.4. The predicted molar refractivity (Wildman–Crippen MR) is 160 cm³/mol. The molecule has 0 spiro atoms. The Morgan fingerprint density at radius 2 is 1.70 bits per heavy atom. The van der Waals surface area contributed by atoms with Gasteiger partial charge in [0.05, 0.1) is 18.7 Å². The number of nitrogens with zero attached hydrogens (tertiary/aromatic N) is 1. The summed E-state index contributed by atoms with van der Waals surface area (Å²) in [6.07, 6.45) is -0.0820. The largest absolute Gasteiger partial charge is 0.491 e. The van der Waals surface area contributed by atoms with Gasteiger partial charge in [0.2, 0.25) is 17.7 Å². The van der Waals surface area contributed by atoms with Crippen molar-refractivity contribution in [2.75, 3.05) is 26.2 Å². The van der Waals surface area contributed by atoms with Crippen molar-refractivity contribution in [1.29, 1.82) is 0 Å². The fourth-order valence-corrected chi connectivity index (χ4v) is 4.76. The Morgan fingerprint density at radius 3 is 2.44 bits per heavy atom. The zero-order valence-corrected chi connectivity index (χ0v) is 24.4. The van der Waals surface area contributed by atoms with Crippen LogP contribution in [0.25, 0.3) is 0 Å². The molecule has 0 bridgehead atoms. The monoisotopic (exact) mass is 588 g/mol. The number of hydrogen-bond donors (Lipinski definition) is 3. The molecule has 1 aliphatic heterocycles. The van der Waals surface area contributed by atoms with E-state index in [1.54, 1.807) is 36.4 Å². The molecule has 1 heterocycles. The fourth-order valence-electron chi connectivity index (χ4n) is 4.76. The van der Waals surface area contributed by atoms with Crippen LogP contribution in [0.5, 0.6) is 5.75 Å². The second-order valence-electron chi connectivity index (χ2n) is 11.1. The topological polar surface area (TPSA) is 117 Å². The fraction of sp³-hybridized carbons (Fsp3) is 0.333. The first-order valence-electron chi connectivity index (χ1n) is 14.3. The Hall–Kier alpha value is -4.73. The summed E-state index contributed by atoms with van der Waals surface area (Å²) in [5.41, 5.74) is 1.37. The molecule has 1 atom stereocenters. The molecule has 10 heteroatoms. The lowest BCUT2D eigenvalue weighted by Gasteiger charge is -2.28. The van der Waals surface area contributed by atoms with Gasteiger partial charge in [0.25, 0.3) is 5.91 Å². The Labute approximate surface area is 250 Å². The minimum absolute atomic E-state index is 0.00329. The summed E-state index contributed by atoms with van der Waals surface area (Å²) in [6, 6.07) is 21.0. The van der Waals surface area contributed by atoms with Crippen LogP contribution in [0.1, 0.15) is 48.2 Å². The van der Waals surface area contributed by atoms with Crippen LogP contribution in [0.4, 0.5) is 4.39 Å². The standard InChI is InChI=1S/C33H37FN4O5/c1-33(2,24-12-14-25(34)15-13-24)22-36-32(42)27-16-17-30(40)38(20-23-8-4-3-5-9-23)21-29(39)35-18-19-43-28-11-7-6-10-26(28)31(41)37-27/h3-15,27H,16-22H2,1-2H3,(H,35,39)(H,36,42)(H,37,41)/t27-/m0/s1. The van der Waals surface area contributed by atoms with Crippen molar-refractivity contribution in [2.45, 2.75) is 44.7 Å². The Bertz CT molecular complexity index is 1430.